The topological polar surface area (TPSA) is 87.7 Å². The average Bonchev–Trinajstić information content (AvgIpc) is 2.75. The van der Waals surface area contributed by atoms with Crippen LogP contribution in [0, 0.1) is 5.92 Å². The Kier molecular flexibility index (Phi) is 6.72. The number of urea groups is 1. The lowest BCUT2D eigenvalue weighted by Gasteiger charge is -2.32. The summed E-state index contributed by atoms with van der Waals surface area (Å²) in [5.74, 6) is -1.13. The maximum atomic E-state index is 12.7. The van der Waals surface area contributed by atoms with Crippen LogP contribution in [0.2, 0.25) is 5.02 Å². The number of hydrogen-bond acceptors (Lipinski definition) is 4. The molecule has 0 bridgehead atoms. The molecule has 0 aromatic heterocycles. The SMILES string of the molecule is COC(=O)c1cc(NC(=O)C2CCCN(C(=O)Nc3ccccc3)C2)ccc1Cl. The monoisotopic (exact) mass is 415 g/mol. The summed E-state index contributed by atoms with van der Waals surface area (Å²) >= 11 is 6.01. The minimum absolute atomic E-state index is 0.180. The van der Waals surface area contributed by atoms with E-state index in [0.717, 1.165) is 6.42 Å². The third-order valence-electron chi connectivity index (χ3n) is 4.74. The molecule has 152 valence electrons. The van der Waals surface area contributed by atoms with E-state index in [2.05, 4.69) is 10.6 Å². The highest BCUT2D eigenvalue weighted by Gasteiger charge is 2.28. The number of nitrogens with zero attached hydrogens (tertiary/aromatic N) is 1. The van der Waals surface area contributed by atoms with Gasteiger partial charge in [0.25, 0.3) is 0 Å². The van der Waals surface area contributed by atoms with Crippen LogP contribution in [-0.2, 0) is 9.53 Å². The van der Waals surface area contributed by atoms with Crippen LogP contribution in [0.15, 0.2) is 48.5 Å². The first-order chi connectivity index (χ1) is 14.0. The van der Waals surface area contributed by atoms with Gasteiger partial charge in [-0.25, -0.2) is 9.59 Å². The zero-order chi connectivity index (χ0) is 20.8. The maximum absolute atomic E-state index is 12.7. The summed E-state index contributed by atoms with van der Waals surface area (Å²) in [5, 5.41) is 5.89. The minimum atomic E-state index is -0.576. The minimum Gasteiger partial charge on any atom is -0.465 e. The number of ether oxygens (including phenoxy) is 1. The molecule has 1 fully saturated rings. The van der Waals surface area contributed by atoms with Crippen LogP contribution in [0.4, 0.5) is 16.2 Å². The van der Waals surface area contributed by atoms with Crippen LogP contribution < -0.4 is 10.6 Å². The van der Waals surface area contributed by atoms with Crippen LogP contribution in [-0.4, -0.2) is 43.0 Å². The first-order valence-corrected chi connectivity index (χ1v) is 9.65. The van der Waals surface area contributed by atoms with Gasteiger partial charge < -0.3 is 20.3 Å². The number of likely N-dealkylation sites (tertiary alicyclic amines) is 1. The zero-order valence-electron chi connectivity index (χ0n) is 16.0. The van der Waals surface area contributed by atoms with Crippen molar-refractivity contribution < 1.29 is 19.1 Å². The van der Waals surface area contributed by atoms with Crippen molar-refractivity contribution in [3.05, 3.63) is 59.1 Å². The number of amides is 3. The number of esters is 1. The molecule has 0 spiro atoms. The molecule has 3 amide bonds. The predicted molar refractivity (Wildman–Crippen MR) is 111 cm³/mol. The summed E-state index contributed by atoms with van der Waals surface area (Å²) in [5.41, 5.74) is 1.34. The molecule has 2 aromatic rings. The molecule has 1 unspecified atom stereocenters. The van der Waals surface area contributed by atoms with E-state index in [1.807, 2.05) is 30.3 Å². The molecule has 1 aliphatic heterocycles. The Bertz CT molecular complexity index is 904. The lowest BCUT2D eigenvalue weighted by Crippen LogP contribution is -2.45. The molecule has 1 atom stereocenters. The van der Waals surface area contributed by atoms with Gasteiger partial charge in [0.1, 0.15) is 0 Å². The molecule has 2 N–H and O–H groups in total. The molecule has 1 heterocycles. The fraction of sp³-hybridized carbons (Fsp3) is 0.286. The normalized spacial score (nSPS) is 16.1. The third kappa shape index (κ3) is 5.26. The van der Waals surface area contributed by atoms with Crippen LogP contribution >= 0.6 is 11.6 Å². The van der Waals surface area contributed by atoms with Crippen molar-refractivity contribution in [2.24, 2.45) is 5.92 Å². The fourth-order valence-corrected chi connectivity index (χ4v) is 3.41. The summed E-state index contributed by atoms with van der Waals surface area (Å²) in [4.78, 5) is 38.6. The second-order valence-electron chi connectivity index (χ2n) is 6.76. The van der Waals surface area contributed by atoms with Crippen LogP contribution in [0.1, 0.15) is 23.2 Å². The summed E-state index contributed by atoms with van der Waals surface area (Å²) in [6.07, 6.45) is 1.41. The quantitative estimate of drug-likeness (QED) is 0.738. The number of hydrogen-bond donors (Lipinski definition) is 2. The first kappa shape index (κ1) is 20.7. The largest absolute Gasteiger partial charge is 0.465 e. The maximum Gasteiger partial charge on any atom is 0.339 e. The molecule has 2 aromatic carbocycles. The Morgan fingerprint density at radius 2 is 1.83 bits per heavy atom. The first-order valence-electron chi connectivity index (χ1n) is 9.27. The van der Waals surface area contributed by atoms with Gasteiger partial charge in [0.15, 0.2) is 0 Å². The van der Waals surface area contributed by atoms with E-state index in [1.54, 1.807) is 11.0 Å². The number of carbonyl (C=O) groups excluding carboxylic acids is 3. The Morgan fingerprint density at radius 3 is 2.55 bits per heavy atom. The highest BCUT2D eigenvalue weighted by molar-refractivity contribution is 6.33. The summed E-state index contributed by atoms with van der Waals surface area (Å²) in [6, 6.07) is 13.6. The van der Waals surface area contributed by atoms with Gasteiger partial charge in [-0.1, -0.05) is 29.8 Å². The molecule has 1 saturated heterocycles. The van der Waals surface area contributed by atoms with E-state index >= 15 is 0 Å². The summed E-state index contributed by atoms with van der Waals surface area (Å²) in [7, 11) is 1.26. The Morgan fingerprint density at radius 1 is 1.07 bits per heavy atom. The van der Waals surface area contributed by atoms with E-state index in [0.29, 0.717) is 30.9 Å². The molecule has 0 aliphatic carbocycles. The number of rotatable bonds is 4. The van der Waals surface area contributed by atoms with Crippen molar-refractivity contribution in [1.29, 1.82) is 0 Å². The van der Waals surface area contributed by atoms with Gasteiger partial charge in [0.05, 0.1) is 23.6 Å². The Labute approximate surface area is 174 Å². The number of anilines is 2. The summed E-state index contributed by atoms with van der Waals surface area (Å²) < 4.78 is 4.70. The van der Waals surface area contributed by atoms with Gasteiger partial charge in [-0.2, -0.15) is 0 Å². The Balaban J connectivity index is 1.62. The van der Waals surface area contributed by atoms with E-state index in [4.69, 9.17) is 16.3 Å². The van der Waals surface area contributed by atoms with Crippen LogP contribution in [0.25, 0.3) is 0 Å². The molecule has 0 saturated carbocycles. The van der Waals surface area contributed by atoms with Crippen molar-refractivity contribution in [2.45, 2.75) is 12.8 Å². The predicted octanol–water partition coefficient (Wildman–Crippen LogP) is 4.01. The lowest BCUT2D eigenvalue weighted by molar-refractivity contribution is -0.121. The van der Waals surface area contributed by atoms with Crippen molar-refractivity contribution in [1.82, 2.24) is 4.90 Å². The zero-order valence-corrected chi connectivity index (χ0v) is 16.7. The highest BCUT2D eigenvalue weighted by Crippen LogP contribution is 2.24. The van der Waals surface area contributed by atoms with Crippen LogP contribution in [0.5, 0.6) is 0 Å². The van der Waals surface area contributed by atoms with E-state index in [1.165, 1.54) is 19.2 Å². The molecule has 7 nitrogen and oxygen atoms in total. The summed E-state index contributed by atoms with van der Waals surface area (Å²) in [6.45, 7) is 0.915. The van der Waals surface area contributed by atoms with Crippen molar-refractivity contribution in [2.75, 3.05) is 30.8 Å². The molecule has 1 aliphatic rings. The van der Waals surface area contributed by atoms with Crippen molar-refractivity contribution in [3.8, 4) is 0 Å². The third-order valence-corrected chi connectivity index (χ3v) is 5.07. The molecule has 3 rings (SSSR count). The standard InChI is InChI=1S/C21H22ClN3O4/c1-29-20(27)17-12-16(9-10-18(17)22)23-19(26)14-6-5-11-25(13-14)21(28)24-15-7-3-2-4-8-15/h2-4,7-10,12,14H,5-6,11,13H2,1H3,(H,23,26)(H,24,28). The van der Waals surface area contributed by atoms with E-state index in [-0.39, 0.29) is 28.4 Å². The molecule has 8 heteroatoms. The lowest BCUT2D eigenvalue weighted by atomic mass is 9.97. The average molecular weight is 416 g/mol. The van der Waals surface area contributed by atoms with Gasteiger partial charge in [-0.05, 0) is 43.2 Å². The van der Waals surface area contributed by atoms with Gasteiger partial charge in [0.2, 0.25) is 5.91 Å². The number of benzene rings is 2. The second-order valence-corrected chi connectivity index (χ2v) is 7.16. The number of carbonyl (C=O) groups is 3. The van der Waals surface area contributed by atoms with E-state index < -0.39 is 5.97 Å². The van der Waals surface area contributed by atoms with Crippen molar-refractivity contribution in [3.63, 3.8) is 0 Å². The number of methoxy groups -OCH3 is 1. The molecular formula is C21H22ClN3O4. The van der Waals surface area contributed by atoms with Gasteiger partial charge >= 0.3 is 12.0 Å². The highest BCUT2D eigenvalue weighted by atomic mass is 35.5. The second kappa shape index (κ2) is 9.43. The molecular weight excluding hydrogens is 394 g/mol. The van der Waals surface area contributed by atoms with Gasteiger partial charge in [-0.15, -0.1) is 0 Å². The number of piperidine rings is 1. The van der Waals surface area contributed by atoms with Crippen LogP contribution in [0.3, 0.4) is 0 Å². The molecule has 0 radical (unpaired) electrons. The van der Waals surface area contributed by atoms with Gasteiger partial charge in [-0.3, -0.25) is 4.79 Å². The fourth-order valence-electron chi connectivity index (χ4n) is 3.21. The van der Waals surface area contributed by atoms with Crippen molar-refractivity contribution >= 4 is 40.9 Å². The smallest absolute Gasteiger partial charge is 0.339 e. The van der Waals surface area contributed by atoms with E-state index in [9.17, 15) is 14.4 Å². The molecule has 29 heavy (non-hydrogen) atoms. The number of nitrogens with one attached hydrogen (secondary N) is 2. The number of para-hydroxylation sites is 1. The van der Waals surface area contributed by atoms with Gasteiger partial charge in [0, 0.05) is 24.5 Å². The Hall–Kier alpha value is -3.06. The number of halogens is 1.